The maximum atomic E-state index is 3.39. The van der Waals surface area contributed by atoms with Gasteiger partial charge in [-0.2, -0.15) is 11.3 Å². The molecule has 1 aliphatic rings. The fraction of sp³-hybridized carbons (Fsp3) is 0.733. The molecule has 96 valence electrons. The highest BCUT2D eigenvalue weighted by molar-refractivity contribution is 7.07. The topological polar surface area (TPSA) is 12.0 Å². The van der Waals surface area contributed by atoms with E-state index >= 15 is 0 Å². The van der Waals surface area contributed by atoms with Crippen molar-refractivity contribution in [3.05, 3.63) is 22.4 Å². The van der Waals surface area contributed by atoms with Crippen molar-refractivity contribution < 1.29 is 0 Å². The number of rotatable bonds is 5. The summed E-state index contributed by atoms with van der Waals surface area (Å²) in [6.07, 6.45) is 9.92. The summed E-state index contributed by atoms with van der Waals surface area (Å²) in [5.74, 6) is 1.87. The van der Waals surface area contributed by atoms with Crippen LogP contribution in [-0.2, 0) is 6.42 Å². The summed E-state index contributed by atoms with van der Waals surface area (Å²) >= 11 is 1.83. The third-order valence-electron chi connectivity index (χ3n) is 4.17. The highest BCUT2D eigenvalue weighted by Crippen LogP contribution is 2.31. The molecule has 2 atom stereocenters. The van der Waals surface area contributed by atoms with Gasteiger partial charge >= 0.3 is 0 Å². The van der Waals surface area contributed by atoms with E-state index in [0.29, 0.717) is 0 Å². The van der Waals surface area contributed by atoms with E-state index in [9.17, 15) is 0 Å². The SMILES string of the molecule is CNCC1CCCCCC1CCc1ccsc1. The summed E-state index contributed by atoms with van der Waals surface area (Å²) < 4.78 is 0. The van der Waals surface area contributed by atoms with Gasteiger partial charge in [0, 0.05) is 0 Å². The fourth-order valence-corrected chi connectivity index (χ4v) is 3.86. The van der Waals surface area contributed by atoms with Crippen LogP contribution in [0, 0.1) is 11.8 Å². The summed E-state index contributed by atoms with van der Waals surface area (Å²) in [6, 6.07) is 2.29. The van der Waals surface area contributed by atoms with Crippen molar-refractivity contribution in [1.29, 1.82) is 0 Å². The third kappa shape index (κ3) is 4.11. The molecule has 1 aromatic rings. The Hall–Kier alpha value is -0.340. The van der Waals surface area contributed by atoms with Crippen molar-refractivity contribution in [1.82, 2.24) is 5.32 Å². The summed E-state index contributed by atoms with van der Waals surface area (Å²) in [5, 5.41) is 7.90. The normalized spacial score (nSPS) is 25.7. The Morgan fingerprint density at radius 3 is 2.76 bits per heavy atom. The molecule has 0 amide bonds. The molecule has 0 spiro atoms. The second-order valence-corrected chi connectivity index (χ2v) is 6.17. The smallest absolute Gasteiger partial charge is 0.00209 e. The molecule has 1 nitrogen and oxygen atoms in total. The van der Waals surface area contributed by atoms with Crippen LogP contribution < -0.4 is 5.32 Å². The van der Waals surface area contributed by atoms with Crippen LogP contribution in [0.15, 0.2) is 16.8 Å². The predicted molar refractivity (Wildman–Crippen MR) is 76.6 cm³/mol. The van der Waals surface area contributed by atoms with Gasteiger partial charge in [-0.25, -0.2) is 0 Å². The molecule has 1 aliphatic carbocycles. The Morgan fingerprint density at radius 2 is 2.06 bits per heavy atom. The Bertz CT molecular complexity index is 294. The molecule has 1 N–H and O–H groups in total. The number of aryl methyl sites for hydroxylation is 1. The third-order valence-corrected chi connectivity index (χ3v) is 4.90. The molecule has 1 aromatic heterocycles. The van der Waals surface area contributed by atoms with Crippen molar-refractivity contribution in [3.63, 3.8) is 0 Å². The summed E-state index contributed by atoms with van der Waals surface area (Å²) in [5.41, 5.74) is 1.54. The first kappa shape index (κ1) is 13.1. The number of hydrogen-bond acceptors (Lipinski definition) is 2. The van der Waals surface area contributed by atoms with Gasteiger partial charge in [0.25, 0.3) is 0 Å². The molecule has 2 heteroatoms. The van der Waals surface area contributed by atoms with Crippen molar-refractivity contribution in [3.8, 4) is 0 Å². The number of hydrogen-bond donors (Lipinski definition) is 1. The Labute approximate surface area is 110 Å². The fourth-order valence-electron chi connectivity index (χ4n) is 3.16. The molecular weight excluding hydrogens is 226 g/mol. The van der Waals surface area contributed by atoms with Crippen LogP contribution in [0.25, 0.3) is 0 Å². The largest absolute Gasteiger partial charge is 0.319 e. The van der Waals surface area contributed by atoms with E-state index in [-0.39, 0.29) is 0 Å². The van der Waals surface area contributed by atoms with Gasteiger partial charge in [-0.15, -0.1) is 0 Å². The lowest BCUT2D eigenvalue weighted by Gasteiger charge is -2.24. The van der Waals surface area contributed by atoms with E-state index in [4.69, 9.17) is 0 Å². The molecule has 0 bridgehead atoms. The molecule has 17 heavy (non-hydrogen) atoms. The van der Waals surface area contributed by atoms with Gasteiger partial charge < -0.3 is 5.32 Å². The minimum absolute atomic E-state index is 0.918. The van der Waals surface area contributed by atoms with Crippen molar-refractivity contribution in [2.24, 2.45) is 11.8 Å². The Kier molecular flexibility index (Phi) is 5.53. The zero-order valence-electron chi connectivity index (χ0n) is 11.0. The highest BCUT2D eigenvalue weighted by atomic mass is 32.1. The summed E-state index contributed by atoms with van der Waals surface area (Å²) in [6.45, 7) is 1.22. The Morgan fingerprint density at radius 1 is 1.24 bits per heavy atom. The first-order valence-electron chi connectivity index (χ1n) is 7.06. The molecule has 1 fully saturated rings. The lowest BCUT2D eigenvalue weighted by molar-refractivity contribution is 0.289. The zero-order chi connectivity index (χ0) is 11.9. The molecule has 0 aliphatic heterocycles. The van der Waals surface area contributed by atoms with E-state index in [1.165, 1.54) is 51.5 Å². The number of thiophene rings is 1. The molecule has 0 aromatic carbocycles. The molecule has 0 radical (unpaired) electrons. The quantitative estimate of drug-likeness (QED) is 0.777. The van der Waals surface area contributed by atoms with E-state index in [0.717, 1.165) is 11.8 Å². The predicted octanol–water partition coefficient (Wildman–Crippen LogP) is 4.10. The standard InChI is InChI=1S/C15H25NS/c1-16-11-15-6-4-2-3-5-14(15)8-7-13-9-10-17-12-13/h9-10,12,14-16H,2-8,11H2,1H3. The second-order valence-electron chi connectivity index (χ2n) is 5.39. The zero-order valence-corrected chi connectivity index (χ0v) is 11.8. The van der Waals surface area contributed by atoms with Gasteiger partial charge in [0.15, 0.2) is 0 Å². The summed E-state index contributed by atoms with van der Waals surface area (Å²) in [4.78, 5) is 0. The maximum absolute atomic E-state index is 3.39. The van der Waals surface area contributed by atoms with Gasteiger partial charge in [-0.1, -0.05) is 25.7 Å². The lowest BCUT2D eigenvalue weighted by atomic mass is 9.84. The van der Waals surface area contributed by atoms with Crippen molar-refractivity contribution in [2.75, 3.05) is 13.6 Å². The highest BCUT2D eigenvalue weighted by Gasteiger charge is 2.22. The van der Waals surface area contributed by atoms with Gasteiger partial charge in [-0.05, 0) is 67.1 Å². The maximum Gasteiger partial charge on any atom is -0.00209 e. The minimum Gasteiger partial charge on any atom is -0.319 e. The van der Waals surface area contributed by atoms with Gasteiger partial charge in [0.05, 0.1) is 0 Å². The molecule has 1 heterocycles. The van der Waals surface area contributed by atoms with E-state index in [1.54, 1.807) is 5.56 Å². The average molecular weight is 251 g/mol. The molecule has 2 unspecified atom stereocenters. The monoisotopic (exact) mass is 251 g/mol. The van der Waals surface area contributed by atoms with E-state index in [2.05, 4.69) is 29.2 Å². The minimum atomic E-state index is 0.918. The first-order valence-corrected chi connectivity index (χ1v) is 8.00. The average Bonchev–Trinajstić information content (AvgIpc) is 2.76. The van der Waals surface area contributed by atoms with Crippen LogP contribution >= 0.6 is 11.3 Å². The molecule has 1 saturated carbocycles. The van der Waals surface area contributed by atoms with Crippen LogP contribution in [-0.4, -0.2) is 13.6 Å². The molecular formula is C15H25NS. The van der Waals surface area contributed by atoms with E-state index < -0.39 is 0 Å². The lowest BCUT2D eigenvalue weighted by Crippen LogP contribution is -2.25. The van der Waals surface area contributed by atoms with E-state index in [1.807, 2.05) is 11.3 Å². The van der Waals surface area contributed by atoms with Gasteiger partial charge in [0.2, 0.25) is 0 Å². The Balaban J connectivity index is 1.86. The molecule has 0 saturated heterocycles. The summed E-state index contributed by atoms with van der Waals surface area (Å²) in [7, 11) is 2.10. The molecule has 2 rings (SSSR count). The van der Waals surface area contributed by atoms with Crippen LogP contribution in [0.3, 0.4) is 0 Å². The van der Waals surface area contributed by atoms with Crippen molar-refractivity contribution >= 4 is 11.3 Å². The second kappa shape index (κ2) is 7.17. The van der Waals surface area contributed by atoms with Gasteiger partial charge in [0.1, 0.15) is 0 Å². The van der Waals surface area contributed by atoms with Crippen molar-refractivity contribution in [2.45, 2.75) is 44.9 Å². The van der Waals surface area contributed by atoms with Crippen LogP contribution in [0.4, 0.5) is 0 Å². The van der Waals surface area contributed by atoms with Crippen LogP contribution in [0.5, 0.6) is 0 Å². The van der Waals surface area contributed by atoms with Gasteiger partial charge in [-0.3, -0.25) is 0 Å². The first-order chi connectivity index (χ1) is 8.40. The number of nitrogens with one attached hydrogen (secondary N) is 1. The van der Waals surface area contributed by atoms with Crippen LogP contribution in [0.2, 0.25) is 0 Å². The van der Waals surface area contributed by atoms with Crippen LogP contribution in [0.1, 0.15) is 44.1 Å².